The van der Waals surface area contributed by atoms with E-state index in [0.29, 0.717) is 13.1 Å². The number of amides is 2. The number of hydrogen-bond donors (Lipinski definition) is 2. The Labute approximate surface area is 107 Å². The molecule has 0 bridgehead atoms. The van der Waals surface area contributed by atoms with E-state index >= 15 is 0 Å². The van der Waals surface area contributed by atoms with E-state index in [1.54, 1.807) is 7.11 Å². The molecule has 1 aromatic rings. The molecule has 2 N–H and O–H groups in total. The van der Waals surface area contributed by atoms with Gasteiger partial charge in [0.2, 0.25) is 0 Å². The zero-order valence-electron chi connectivity index (χ0n) is 10.8. The Hall–Kier alpha value is -1.75. The van der Waals surface area contributed by atoms with Crippen LogP contribution >= 0.6 is 0 Å². The minimum atomic E-state index is -0.0128. The van der Waals surface area contributed by atoms with Crippen LogP contribution in [0.15, 0.2) is 24.3 Å². The molecule has 1 aromatic carbocycles. The highest BCUT2D eigenvalue weighted by Gasteiger charge is 2.30. The number of carbonyl (C=O) groups excluding carboxylic acids is 1. The van der Waals surface area contributed by atoms with Crippen molar-refractivity contribution in [3.8, 4) is 5.75 Å². The van der Waals surface area contributed by atoms with Gasteiger partial charge in [0.1, 0.15) is 5.75 Å². The number of hydrogen-bond acceptors (Lipinski definition) is 3. The summed E-state index contributed by atoms with van der Waals surface area (Å²) < 4.78 is 5.33. The fraction of sp³-hybridized carbons (Fsp3) is 0.462. The Balaban J connectivity index is 2.09. The first-order valence-electron chi connectivity index (χ1n) is 6.09. The van der Waals surface area contributed by atoms with Gasteiger partial charge in [0.15, 0.2) is 0 Å². The highest BCUT2D eigenvalue weighted by molar-refractivity contribution is 5.77. The van der Waals surface area contributed by atoms with E-state index in [0.717, 1.165) is 17.9 Å². The van der Waals surface area contributed by atoms with Crippen molar-refractivity contribution in [3.05, 3.63) is 29.8 Å². The third-order valence-electron chi connectivity index (χ3n) is 3.13. The predicted molar refractivity (Wildman–Crippen MR) is 69.8 cm³/mol. The first-order valence-corrected chi connectivity index (χ1v) is 6.09. The maximum Gasteiger partial charge on any atom is 0.318 e. The van der Waals surface area contributed by atoms with Gasteiger partial charge in [0.05, 0.1) is 13.2 Å². The lowest BCUT2D eigenvalue weighted by Crippen LogP contribution is -2.33. The zero-order valence-corrected chi connectivity index (χ0v) is 10.8. The Morgan fingerprint density at radius 3 is 3.00 bits per heavy atom. The fourth-order valence-corrected chi connectivity index (χ4v) is 2.16. The second-order valence-corrected chi connectivity index (χ2v) is 4.29. The van der Waals surface area contributed by atoms with Crippen LogP contribution in [-0.4, -0.2) is 44.7 Å². The molecule has 5 nitrogen and oxygen atoms in total. The number of nitrogens with one attached hydrogen (secondary N) is 2. The Bertz CT molecular complexity index is 422. The molecule has 1 fully saturated rings. The van der Waals surface area contributed by atoms with Crippen molar-refractivity contribution < 1.29 is 9.53 Å². The van der Waals surface area contributed by atoms with E-state index in [1.807, 2.05) is 36.2 Å². The SMILES string of the molecule is CNCCN1CC(c2ccccc2OC)NC1=O. The van der Waals surface area contributed by atoms with E-state index in [4.69, 9.17) is 4.74 Å². The van der Waals surface area contributed by atoms with Gasteiger partial charge < -0.3 is 20.3 Å². The van der Waals surface area contributed by atoms with Gasteiger partial charge in [0.25, 0.3) is 0 Å². The summed E-state index contributed by atoms with van der Waals surface area (Å²) in [5.74, 6) is 0.818. The zero-order chi connectivity index (χ0) is 13.0. The van der Waals surface area contributed by atoms with Crippen molar-refractivity contribution in [2.24, 2.45) is 0 Å². The van der Waals surface area contributed by atoms with Gasteiger partial charge >= 0.3 is 6.03 Å². The molecular weight excluding hydrogens is 230 g/mol. The van der Waals surface area contributed by atoms with Gasteiger partial charge in [-0.25, -0.2) is 4.79 Å². The first-order chi connectivity index (χ1) is 8.76. The fourth-order valence-electron chi connectivity index (χ4n) is 2.16. The summed E-state index contributed by atoms with van der Waals surface area (Å²) in [6.07, 6.45) is 0. The van der Waals surface area contributed by atoms with Crippen LogP contribution in [-0.2, 0) is 0 Å². The predicted octanol–water partition coefficient (Wildman–Crippen LogP) is 0.981. The Morgan fingerprint density at radius 1 is 1.50 bits per heavy atom. The lowest BCUT2D eigenvalue weighted by molar-refractivity contribution is 0.218. The van der Waals surface area contributed by atoms with Gasteiger partial charge in [-0.3, -0.25) is 0 Å². The molecule has 0 radical (unpaired) electrons. The number of nitrogens with zero attached hydrogens (tertiary/aromatic N) is 1. The summed E-state index contributed by atoms with van der Waals surface area (Å²) in [5, 5.41) is 6.03. The molecule has 0 aliphatic carbocycles. The normalized spacial score (nSPS) is 18.9. The average molecular weight is 249 g/mol. The van der Waals surface area contributed by atoms with E-state index < -0.39 is 0 Å². The van der Waals surface area contributed by atoms with Gasteiger partial charge in [-0.2, -0.15) is 0 Å². The second-order valence-electron chi connectivity index (χ2n) is 4.29. The van der Waals surface area contributed by atoms with Gasteiger partial charge in [-0.15, -0.1) is 0 Å². The van der Waals surface area contributed by atoms with Gasteiger partial charge in [-0.05, 0) is 13.1 Å². The minimum absolute atomic E-state index is 0.00510. The molecule has 5 heteroatoms. The molecule has 0 spiro atoms. The number of urea groups is 1. The molecule has 1 atom stereocenters. The lowest BCUT2D eigenvalue weighted by atomic mass is 10.1. The molecule has 2 rings (SSSR count). The van der Waals surface area contributed by atoms with Crippen LogP contribution < -0.4 is 15.4 Å². The number of para-hydroxylation sites is 1. The molecule has 1 aliphatic rings. The van der Waals surface area contributed by atoms with Gasteiger partial charge in [-0.1, -0.05) is 18.2 Å². The Kier molecular flexibility index (Phi) is 4.04. The summed E-state index contributed by atoms with van der Waals surface area (Å²) in [7, 11) is 3.53. The topological polar surface area (TPSA) is 53.6 Å². The number of likely N-dealkylation sites (N-methyl/N-ethyl adjacent to an activating group) is 1. The van der Waals surface area contributed by atoms with Crippen LogP contribution in [0.25, 0.3) is 0 Å². The van der Waals surface area contributed by atoms with E-state index in [9.17, 15) is 4.79 Å². The van der Waals surface area contributed by atoms with Crippen LogP contribution in [0.5, 0.6) is 5.75 Å². The minimum Gasteiger partial charge on any atom is -0.496 e. The molecule has 0 aromatic heterocycles. The summed E-state index contributed by atoms with van der Waals surface area (Å²) in [6.45, 7) is 2.20. The molecule has 98 valence electrons. The molecule has 1 saturated heterocycles. The lowest BCUT2D eigenvalue weighted by Gasteiger charge is -2.15. The molecule has 1 unspecified atom stereocenters. The maximum atomic E-state index is 11.8. The smallest absolute Gasteiger partial charge is 0.318 e. The van der Waals surface area contributed by atoms with Crippen molar-refractivity contribution >= 4 is 6.03 Å². The van der Waals surface area contributed by atoms with Crippen molar-refractivity contribution in [1.82, 2.24) is 15.5 Å². The van der Waals surface area contributed by atoms with Gasteiger partial charge in [0, 0.05) is 25.2 Å². The molecule has 18 heavy (non-hydrogen) atoms. The van der Waals surface area contributed by atoms with E-state index in [1.165, 1.54) is 0 Å². The summed E-state index contributed by atoms with van der Waals surface area (Å²) in [6, 6.07) is 7.79. The number of methoxy groups -OCH3 is 1. The van der Waals surface area contributed by atoms with Crippen molar-refractivity contribution in [2.45, 2.75) is 6.04 Å². The maximum absolute atomic E-state index is 11.8. The van der Waals surface area contributed by atoms with E-state index in [2.05, 4.69) is 10.6 Å². The molecule has 1 aliphatic heterocycles. The van der Waals surface area contributed by atoms with Crippen LogP contribution in [0.1, 0.15) is 11.6 Å². The number of benzene rings is 1. The molecule has 1 heterocycles. The third kappa shape index (κ3) is 2.56. The average Bonchev–Trinajstić information content (AvgIpc) is 2.77. The van der Waals surface area contributed by atoms with Crippen molar-refractivity contribution in [3.63, 3.8) is 0 Å². The largest absolute Gasteiger partial charge is 0.496 e. The van der Waals surface area contributed by atoms with Crippen molar-refractivity contribution in [1.29, 1.82) is 0 Å². The molecule has 0 saturated carbocycles. The van der Waals surface area contributed by atoms with Crippen LogP contribution in [0.4, 0.5) is 4.79 Å². The summed E-state index contributed by atoms with van der Waals surface area (Å²) >= 11 is 0. The molecule has 2 amide bonds. The number of rotatable bonds is 5. The first kappa shape index (κ1) is 12.7. The highest BCUT2D eigenvalue weighted by Crippen LogP contribution is 2.28. The standard InChI is InChI=1S/C13H19N3O2/c1-14-7-8-16-9-11(15-13(16)17)10-5-3-4-6-12(10)18-2/h3-6,11,14H,7-9H2,1-2H3,(H,15,17). The van der Waals surface area contributed by atoms with E-state index in [-0.39, 0.29) is 12.1 Å². The van der Waals surface area contributed by atoms with Crippen molar-refractivity contribution in [2.75, 3.05) is 33.8 Å². The Morgan fingerprint density at radius 2 is 2.28 bits per heavy atom. The number of carbonyl (C=O) groups is 1. The molecular formula is C13H19N3O2. The number of ether oxygens (including phenoxy) is 1. The highest BCUT2D eigenvalue weighted by atomic mass is 16.5. The summed E-state index contributed by atoms with van der Waals surface area (Å²) in [4.78, 5) is 13.6. The van der Waals surface area contributed by atoms with Crippen LogP contribution in [0.3, 0.4) is 0 Å². The summed E-state index contributed by atoms with van der Waals surface area (Å²) in [5.41, 5.74) is 1.03. The van der Waals surface area contributed by atoms with Crippen LogP contribution in [0, 0.1) is 0 Å². The quantitative estimate of drug-likeness (QED) is 0.818. The second kappa shape index (κ2) is 5.73. The monoisotopic (exact) mass is 249 g/mol. The van der Waals surface area contributed by atoms with Crippen LogP contribution in [0.2, 0.25) is 0 Å². The third-order valence-corrected chi connectivity index (χ3v) is 3.13.